The summed E-state index contributed by atoms with van der Waals surface area (Å²) in [5.41, 5.74) is 0.667. The molecule has 2 saturated carbocycles. The molecule has 1 unspecified atom stereocenters. The van der Waals surface area contributed by atoms with Crippen LogP contribution in [0, 0.1) is 23.5 Å². The molecule has 110 valence electrons. The molecule has 3 heteroatoms. The summed E-state index contributed by atoms with van der Waals surface area (Å²) in [6, 6.07) is 4.69. The Hall–Kier alpha value is -0.960. The molecule has 0 saturated heterocycles. The van der Waals surface area contributed by atoms with Crippen molar-refractivity contribution in [1.82, 2.24) is 5.32 Å². The van der Waals surface area contributed by atoms with Crippen molar-refractivity contribution in [1.29, 1.82) is 0 Å². The van der Waals surface area contributed by atoms with E-state index in [0.29, 0.717) is 23.4 Å². The number of hydrogen-bond acceptors (Lipinski definition) is 1. The van der Waals surface area contributed by atoms with Gasteiger partial charge in [0.25, 0.3) is 0 Å². The first-order valence-corrected chi connectivity index (χ1v) is 7.89. The van der Waals surface area contributed by atoms with Crippen LogP contribution >= 0.6 is 0 Å². The minimum atomic E-state index is -0.486. The lowest BCUT2D eigenvalue weighted by Gasteiger charge is -2.24. The monoisotopic (exact) mass is 279 g/mol. The zero-order valence-corrected chi connectivity index (χ0v) is 11.9. The molecular weight excluding hydrogens is 256 g/mol. The van der Waals surface area contributed by atoms with Gasteiger partial charge in [0, 0.05) is 12.1 Å². The van der Waals surface area contributed by atoms with Crippen LogP contribution in [0.4, 0.5) is 8.78 Å². The lowest BCUT2D eigenvalue weighted by atomic mass is 9.85. The molecule has 1 N–H and O–H groups in total. The third kappa shape index (κ3) is 3.57. The van der Waals surface area contributed by atoms with E-state index in [2.05, 4.69) is 5.32 Å². The third-order valence-electron chi connectivity index (χ3n) is 4.81. The van der Waals surface area contributed by atoms with Crippen LogP contribution in [0.1, 0.15) is 44.1 Å². The Kier molecular flexibility index (Phi) is 4.35. The number of halogens is 2. The van der Waals surface area contributed by atoms with Gasteiger partial charge < -0.3 is 5.32 Å². The summed E-state index contributed by atoms with van der Waals surface area (Å²) in [4.78, 5) is 0. The molecule has 3 rings (SSSR count). The molecule has 20 heavy (non-hydrogen) atoms. The molecule has 0 spiro atoms. The standard InChI is InChI=1S/C17H23F2N/c18-15-6-5-13(17(19)10-15)9-14(11-20-16-7-8-16)12-3-1-2-4-12/h5-6,10,12,14,16,20H,1-4,7-9,11H2. The van der Waals surface area contributed by atoms with E-state index in [1.54, 1.807) is 6.07 Å². The maximum atomic E-state index is 13.8. The smallest absolute Gasteiger partial charge is 0.129 e. The van der Waals surface area contributed by atoms with Gasteiger partial charge in [-0.3, -0.25) is 0 Å². The summed E-state index contributed by atoms with van der Waals surface area (Å²) in [7, 11) is 0. The molecule has 1 aromatic rings. The van der Waals surface area contributed by atoms with Crippen LogP contribution < -0.4 is 5.32 Å². The van der Waals surface area contributed by atoms with Gasteiger partial charge in [0.15, 0.2) is 0 Å². The first kappa shape index (κ1) is 14.0. The molecular formula is C17H23F2N. The van der Waals surface area contributed by atoms with Crippen LogP contribution in [0.5, 0.6) is 0 Å². The van der Waals surface area contributed by atoms with E-state index in [1.807, 2.05) is 0 Å². The van der Waals surface area contributed by atoms with Gasteiger partial charge in [-0.2, -0.15) is 0 Å². The van der Waals surface area contributed by atoms with E-state index in [1.165, 1.54) is 44.6 Å². The Bertz CT molecular complexity index is 450. The van der Waals surface area contributed by atoms with Crippen molar-refractivity contribution in [2.45, 2.75) is 51.0 Å². The molecule has 0 heterocycles. The molecule has 0 aliphatic heterocycles. The molecule has 1 atom stereocenters. The lowest BCUT2D eigenvalue weighted by molar-refractivity contribution is 0.317. The third-order valence-corrected chi connectivity index (χ3v) is 4.81. The Morgan fingerprint density at radius 3 is 2.50 bits per heavy atom. The van der Waals surface area contributed by atoms with Crippen LogP contribution in [0.2, 0.25) is 0 Å². The first-order chi connectivity index (χ1) is 9.72. The summed E-state index contributed by atoms with van der Waals surface area (Å²) >= 11 is 0. The van der Waals surface area contributed by atoms with Gasteiger partial charge in [0.1, 0.15) is 11.6 Å². The topological polar surface area (TPSA) is 12.0 Å². The largest absolute Gasteiger partial charge is 0.314 e. The summed E-state index contributed by atoms with van der Waals surface area (Å²) in [5.74, 6) is 0.308. The van der Waals surface area contributed by atoms with E-state index in [9.17, 15) is 8.78 Å². The normalized spacial score (nSPS) is 21.3. The van der Waals surface area contributed by atoms with Crippen molar-refractivity contribution < 1.29 is 8.78 Å². The predicted molar refractivity (Wildman–Crippen MR) is 76.5 cm³/mol. The van der Waals surface area contributed by atoms with E-state index in [4.69, 9.17) is 0 Å². The molecule has 0 amide bonds. The Labute approximate surface area is 119 Å². The zero-order valence-electron chi connectivity index (χ0n) is 11.9. The van der Waals surface area contributed by atoms with Crippen LogP contribution in [-0.4, -0.2) is 12.6 Å². The maximum absolute atomic E-state index is 13.8. The molecule has 2 fully saturated rings. The van der Waals surface area contributed by atoms with Gasteiger partial charge in [-0.15, -0.1) is 0 Å². The highest BCUT2D eigenvalue weighted by molar-refractivity contribution is 5.19. The number of hydrogen-bond donors (Lipinski definition) is 1. The SMILES string of the molecule is Fc1ccc(CC(CNC2CC2)C2CCCC2)c(F)c1. The Morgan fingerprint density at radius 2 is 1.85 bits per heavy atom. The molecule has 1 aromatic carbocycles. The summed E-state index contributed by atoms with van der Waals surface area (Å²) < 4.78 is 26.8. The van der Waals surface area contributed by atoms with E-state index in [0.717, 1.165) is 19.0 Å². The van der Waals surface area contributed by atoms with Gasteiger partial charge >= 0.3 is 0 Å². The van der Waals surface area contributed by atoms with Crippen LogP contribution in [-0.2, 0) is 6.42 Å². The van der Waals surface area contributed by atoms with Gasteiger partial charge in [0.2, 0.25) is 0 Å². The molecule has 0 radical (unpaired) electrons. The molecule has 2 aliphatic carbocycles. The number of nitrogens with one attached hydrogen (secondary N) is 1. The van der Waals surface area contributed by atoms with Crippen molar-refractivity contribution in [3.63, 3.8) is 0 Å². The van der Waals surface area contributed by atoms with Gasteiger partial charge in [-0.1, -0.05) is 31.7 Å². The molecule has 0 aromatic heterocycles. The molecule has 1 nitrogen and oxygen atoms in total. The molecule has 0 bridgehead atoms. The second kappa shape index (κ2) is 6.21. The predicted octanol–water partition coefficient (Wildman–Crippen LogP) is 4.07. The molecule has 2 aliphatic rings. The van der Waals surface area contributed by atoms with E-state index < -0.39 is 5.82 Å². The second-order valence-electron chi connectivity index (χ2n) is 6.43. The number of benzene rings is 1. The second-order valence-corrected chi connectivity index (χ2v) is 6.43. The average molecular weight is 279 g/mol. The average Bonchev–Trinajstić information content (AvgIpc) is 3.09. The Balaban J connectivity index is 1.66. The quantitative estimate of drug-likeness (QED) is 0.828. The van der Waals surface area contributed by atoms with Crippen LogP contribution in [0.3, 0.4) is 0 Å². The lowest BCUT2D eigenvalue weighted by Crippen LogP contribution is -2.30. The van der Waals surface area contributed by atoms with Crippen molar-refractivity contribution in [3.05, 3.63) is 35.4 Å². The van der Waals surface area contributed by atoms with Crippen molar-refractivity contribution in [2.75, 3.05) is 6.54 Å². The minimum absolute atomic E-state index is 0.389. The van der Waals surface area contributed by atoms with Crippen molar-refractivity contribution in [3.8, 4) is 0 Å². The highest BCUT2D eigenvalue weighted by atomic mass is 19.1. The summed E-state index contributed by atoms with van der Waals surface area (Å²) in [5, 5.41) is 3.59. The minimum Gasteiger partial charge on any atom is -0.314 e. The van der Waals surface area contributed by atoms with Crippen molar-refractivity contribution >= 4 is 0 Å². The van der Waals surface area contributed by atoms with Crippen LogP contribution in [0.25, 0.3) is 0 Å². The van der Waals surface area contributed by atoms with Gasteiger partial charge in [-0.05, 0) is 49.3 Å². The summed E-state index contributed by atoms with van der Waals surface area (Å²) in [6.45, 7) is 0.978. The maximum Gasteiger partial charge on any atom is 0.129 e. The van der Waals surface area contributed by atoms with E-state index in [-0.39, 0.29) is 5.82 Å². The fourth-order valence-electron chi connectivity index (χ4n) is 3.41. The van der Waals surface area contributed by atoms with E-state index >= 15 is 0 Å². The number of rotatable bonds is 6. The van der Waals surface area contributed by atoms with Gasteiger partial charge in [-0.25, -0.2) is 8.78 Å². The first-order valence-electron chi connectivity index (χ1n) is 7.89. The zero-order chi connectivity index (χ0) is 13.9. The highest BCUT2D eigenvalue weighted by Gasteiger charge is 2.28. The highest BCUT2D eigenvalue weighted by Crippen LogP contribution is 2.34. The summed E-state index contributed by atoms with van der Waals surface area (Å²) in [6.07, 6.45) is 8.42. The van der Waals surface area contributed by atoms with Gasteiger partial charge in [0.05, 0.1) is 0 Å². The Morgan fingerprint density at radius 1 is 1.10 bits per heavy atom. The fourth-order valence-corrected chi connectivity index (χ4v) is 3.41. The fraction of sp³-hybridized carbons (Fsp3) is 0.647. The van der Waals surface area contributed by atoms with Crippen molar-refractivity contribution in [2.24, 2.45) is 11.8 Å². The van der Waals surface area contributed by atoms with Crippen LogP contribution in [0.15, 0.2) is 18.2 Å².